The van der Waals surface area contributed by atoms with Gasteiger partial charge in [0.2, 0.25) is 10.0 Å². The van der Waals surface area contributed by atoms with Gasteiger partial charge in [0.25, 0.3) is 0 Å². The Morgan fingerprint density at radius 3 is 2.24 bits per heavy atom. The van der Waals surface area contributed by atoms with Gasteiger partial charge in [-0.25, -0.2) is 8.42 Å². The lowest BCUT2D eigenvalue weighted by molar-refractivity contribution is 0.383. The number of benzene rings is 1. The molecule has 0 atom stereocenters. The molecule has 1 aromatic heterocycles. The molecular weight excluding hydrogens is 406 g/mol. The second kappa shape index (κ2) is 7.27. The number of anilines is 2. The van der Waals surface area contributed by atoms with E-state index in [2.05, 4.69) is 31.0 Å². The Labute approximate surface area is 156 Å². The summed E-state index contributed by atoms with van der Waals surface area (Å²) in [5.41, 5.74) is 0. The summed E-state index contributed by atoms with van der Waals surface area (Å²) in [6.07, 6.45) is 0. The van der Waals surface area contributed by atoms with E-state index in [1.54, 1.807) is 24.3 Å². The third-order valence-electron chi connectivity index (χ3n) is 4.11. The lowest BCUT2D eigenvalue weighted by Gasteiger charge is -2.34. The van der Waals surface area contributed by atoms with Crippen molar-refractivity contribution in [2.75, 3.05) is 50.1 Å². The zero-order valence-corrected chi connectivity index (χ0v) is 16.5. The fourth-order valence-electron chi connectivity index (χ4n) is 2.68. The molecule has 1 saturated heterocycles. The summed E-state index contributed by atoms with van der Waals surface area (Å²) in [4.78, 5) is 4.25. The predicted octanol–water partition coefficient (Wildman–Crippen LogP) is 1.82. The van der Waals surface area contributed by atoms with Crippen molar-refractivity contribution >= 4 is 37.6 Å². The molecule has 0 radical (unpaired) electrons. The molecule has 7 nitrogen and oxygen atoms in total. The molecule has 0 amide bonds. The number of aromatic nitrogens is 2. The quantitative estimate of drug-likeness (QED) is 0.743. The van der Waals surface area contributed by atoms with E-state index in [0.717, 1.165) is 11.6 Å². The first kappa shape index (κ1) is 18.1. The number of nitrogens with zero attached hydrogens (tertiary/aromatic N) is 5. The van der Waals surface area contributed by atoms with E-state index in [4.69, 9.17) is 0 Å². The van der Waals surface area contributed by atoms with E-state index in [9.17, 15) is 8.42 Å². The van der Waals surface area contributed by atoms with Crippen molar-refractivity contribution in [1.82, 2.24) is 14.5 Å². The van der Waals surface area contributed by atoms with Crippen LogP contribution in [0.5, 0.6) is 0 Å². The Balaban J connectivity index is 1.70. The Bertz CT molecular complexity index is 834. The highest BCUT2D eigenvalue weighted by Crippen LogP contribution is 2.26. The lowest BCUT2D eigenvalue weighted by Crippen LogP contribution is -2.49. The third kappa shape index (κ3) is 3.78. The molecule has 134 valence electrons. The van der Waals surface area contributed by atoms with Crippen LogP contribution >= 0.6 is 15.9 Å². The van der Waals surface area contributed by atoms with E-state index in [1.807, 2.05) is 31.1 Å². The minimum Gasteiger partial charge on any atom is -0.361 e. The third-order valence-corrected chi connectivity index (χ3v) is 7.02. The van der Waals surface area contributed by atoms with Gasteiger partial charge in [-0.1, -0.05) is 12.1 Å². The van der Waals surface area contributed by atoms with E-state index >= 15 is 0 Å². The van der Waals surface area contributed by atoms with Crippen molar-refractivity contribution in [1.29, 1.82) is 0 Å². The maximum absolute atomic E-state index is 12.8. The van der Waals surface area contributed by atoms with Crippen LogP contribution in [0.1, 0.15) is 0 Å². The van der Waals surface area contributed by atoms with Crippen molar-refractivity contribution in [2.45, 2.75) is 4.90 Å². The zero-order valence-electron chi connectivity index (χ0n) is 14.1. The van der Waals surface area contributed by atoms with Gasteiger partial charge >= 0.3 is 0 Å². The van der Waals surface area contributed by atoms with E-state index in [0.29, 0.717) is 35.5 Å². The average molecular weight is 426 g/mol. The van der Waals surface area contributed by atoms with Crippen LogP contribution in [-0.4, -0.2) is 63.2 Å². The van der Waals surface area contributed by atoms with Gasteiger partial charge in [0.05, 0.1) is 4.90 Å². The Morgan fingerprint density at radius 1 is 1.00 bits per heavy atom. The SMILES string of the molecule is CN(C)c1ccc(N2CCN(S(=O)(=O)c3ccccc3Br)CC2)nn1. The number of hydrogen-bond acceptors (Lipinski definition) is 6. The molecule has 1 aliphatic heterocycles. The van der Waals surface area contributed by atoms with Gasteiger partial charge < -0.3 is 9.80 Å². The molecule has 0 aliphatic carbocycles. The van der Waals surface area contributed by atoms with Gasteiger partial charge in [0.15, 0.2) is 11.6 Å². The molecule has 25 heavy (non-hydrogen) atoms. The second-order valence-corrected chi connectivity index (χ2v) is 8.73. The fourth-order valence-corrected chi connectivity index (χ4v) is 5.06. The van der Waals surface area contributed by atoms with Crippen molar-refractivity contribution in [3.05, 3.63) is 40.9 Å². The maximum atomic E-state index is 12.8. The molecule has 2 heterocycles. The van der Waals surface area contributed by atoms with E-state index in [1.165, 1.54) is 4.31 Å². The molecule has 3 rings (SSSR count). The topological polar surface area (TPSA) is 69.6 Å². The van der Waals surface area contributed by atoms with Gasteiger partial charge in [-0.3, -0.25) is 0 Å². The van der Waals surface area contributed by atoms with Gasteiger partial charge in [-0.15, -0.1) is 10.2 Å². The van der Waals surface area contributed by atoms with Crippen LogP contribution in [-0.2, 0) is 10.0 Å². The molecule has 1 fully saturated rings. The molecule has 0 saturated carbocycles. The first-order valence-corrected chi connectivity index (χ1v) is 10.1. The molecular formula is C16H20BrN5O2S. The first-order chi connectivity index (χ1) is 11.9. The summed E-state index contributed by atoms with van der Waals surface area (Å²) >= 11 is 3.33. The molecule has 0 unspecified atom stereocenters. The van der Waals surface area contributed by atoms with E-state index < -0.39 is 10.0 Å². The molecule has 1 aromatic carbocycles. The highest BCUT2D eigenvalue weighted by Gasteiger charge is 2.30. The molecule has 0 spiro atoms. The van der Waals surface area contributed by atoms with Gasteiger partial charge in [-0.05, 0) is 40.2 Å². The van der Waals surface area contributed by atoms with Gasteiger partial charge in [-0.2, -0.15) is 4.31 Å². The van der Waals surface area contributed by atoms with Crippen LogP contribution in [0, 0.1) is 0 Å². The van der Waals surface area contributed by atoms with Crippen molar-refractivity contribution in [2.24, 2.45) is 0 Å². The minimum atomic E-state index is -3.50. The minimum absolute atomic E-state index is 0.304. The Kier molecular flexibility index (Phi) is 5.26. The number of sulfonamides is 1. The van der Waals surface area contributed by atoms with Crippen LogP contribution in [0.3, 0.4) is 0 Å². The molecule has 1 aliphatic rings. The van der Waals surface area contributed by atoms with Crippen LogP contribution in [0.4, 0.5) is 11.6 Å². The van der Waals surface area contributed by atoms with E-state index in [-0.39, 0.29) is 0 Å². The molecule has 0 bridgehead atoms. The Hall–Kier alpha value is -1.71. The molecule has 2 aromatic rings. The van der Waals surface area contributed by atoms with Crippen molar-refractivity contribution < 1.29 is 8.42 Å². The summed E-state index contributed by atoms with van der Waals surface area (Å²) in [5, 5.41) is 8.42. The largest absolute Gasteiger partial charge is 0.361 e. The standard InChI is InChI=1S/C16H20BrN5O2S/c1-20(2)15-7-8-16(19-18-15)21-9-11-22(12-10-21)25(23,24)14-6-4-3-5-13(14)17/h3-8H,9-12H2,1-2H3. The summed E-state index contributed by atoms with van der Waals surface area (Å²) in [6, 6.07) is 10.7. The number of halogens is 1. The predicted molar refractivity (Wildman–Crippen MR) is 101 cm³/mol. The fraction of sp³-hybridized carbons (Fsp3) is 0.375. The monoisotopic (exact) mass is 425 g/mol. The summed E-state index contributed by atoms with van der Waals surface area (Å²) < 4.78 is 27.7. The van der Waals surface area contributed by atoms with Crippen LogP contribution in [0.15, 0.2) is 45.8 Å². The lowest BCUT2D eigenvalue weighted by atomic mass is 10.3. The van der Waals surface area contributed by atoms with Crippen LogP contribution in [0.25, 0.3) is 0 Å². The van der Waals surface area contributed by atoms with Crippen LogP contribution < -0.4 is 9.80 Å². The second-order valence-electron chi connectivity index (χ2n) is 5.97. The van der Waals surface area contributed by atoms with Crippen molar-refractivity contribution in [3.8, 4) is 0 Å². The highest BCUT2D eigenvalue weighted by molar-refractivity contribution is 9.10. The summed E-state index contributed by atoms with van der Waals surface area (Å²) in [7, 11) is 0.324. The first-order valence-electron chi connectivity index (χ1n) is 7.90. The van der Waals surface area contributed by atoms with Crippen molar-refractivity contribution in [3.63, 3.8) is 0 Å². The summed E-state index contributed by atoms with van der Waals surface area (Å²) in [6.45, 7) is 2.00. The normalized spacial score (nSPS) is 16.0. The van der Waals surface area contributed by atoms with Crippen LogP contribution in [0.2, 0.25) is 0 Å². The smallest absolute Gasteiger partial charge is 0.244 e. The average Bonchev–Trinajstić information content (AvgIpc) is 2.62. The maximum Gasteiger partial charge on any atom is 0.244 e. The van der Waals surface area contributed by atoms with Gasteiger partial charge in [0, 0.05) is 44.7 Å². The number of piperazine rings is 1. The summed E-state index contributed by atoms with van der Waals surface area (Å²) in [5.74, 6) is 1.56. The number of hydrogen-bond donors (Lipinski definition) is 0. The Morgan fingerprint density at radius 2 is 1.68 bits per heavy atom. The molecule has 0 N–H and O–H groups in total. The van der Waals surface area contributed by atoms with Gasteiger partial charge in [0.1, 0.15) is 0 Å². The molecule has 9 heteroatoms. The number of rotatable bonds is 4. The zero-order chi connectivity index (χ0) is 18.0. The highest BCUT2D eigenvalue weighted by atomic mass is 79.9.